The molecule has 0 aliphatic heterocycles. The van der Waals surface area contributed by atoms with Gasteiger partial charge in [-0.3, -0.25) is 28.8 Å². The monoisotopic (exact) mass is 578 g/mol. The molecule has 3 aromatic carbocycles. The Balaban J connectivity index is 0.000000157. The number of furan rings is 2. The Bertz CT molecular complexity index is 2060. The number of Topliss-reactive ketones (excluding diaryl/α,β-unsaturated/α-hetero) is 1. The molecule has 0 amide bonds. The number of benzene rings is 3. The molecule has 7 rings (SSSR count). The van der Waals surface area contributed by atoms with Gasteiger partial charge in [-0.05, 0) is 48.5 Å². The number of hydrogen-bond donors (Lipinski definition) is 0. The molecular weight excluding hydrogens is 562 g/mol. The number of fused-ring (bicyclic) bond motifs is 4. The minimum Gasteiger partial charge on any atom is -0.449 e. The lowest BCUT2D eigenvalue weighted by Crippen LogP contribution is -2.19. The zero-order valence-electron chi connectivity index (χ0n) is 22.0. The van der Waals surface area contributed by atoms with E-state index < -0.39 is 40.6 Å². The van der Waals surface area contributed by atoms with E-state index in [0.29, 0.717) is 5.56 Å². The van der Waals surface area contributed by atoms with Crippen LogP contribution in [0.5, 0.6) is 0 Å². The van der Waals surface area contributed by atoms with Crippen LogP contribution in [0.15, 0.2) is 87.7 Å². The highest BCUT2D eigenvalue weighted by Gasteiger charge is 2.36. The normalized spacial score (nSPS) is 12.9. The largest absolute Gasteiger partial charge is 0.449 e. The summed E-state index contributed by atoms with van der Waals surface area (Å²) in [5.41, 5.74) is 0.588. The third-order valence-corrected chi connectivity index (χ3v) is 6.91. The number of rotatable bonds is 3. The van der Waals surface area contributed by atoms with Crippen molar-refractivity contribution in [3.63, 3.8) is 0 Å². The fraction of sp³-hybridized carbons (Fsp3) is 0.0303. The van der Waals surface area contributed by atoms with Crippen LogP contribution in [-0.2, 0) is 0 Å². The van der Waals surface area contributed by atoms with Crippen molar-refractivity contribution in [1.29, 1.82) is 0 Å². The van der Waals surface area contributed by atoms with Crippen LogP contribution in [0.4, 0.5) is 8.78 Å². The van der Waals surface area contributed by atoms with E-state index in [1.807, 2.05) is 0 Å². The average molecular weight is 578 g/mol. The molecule has 0 bridgehead atoms. The Morgan fingerprint density at radius 3 is 1.49 bits per heavy atom. The quantitative estimate of drug-likeness (QED) is 0.240. The van der Waals surface area contributed by atoms with Gasteiger partial charge < -0.3 is 8.83 Å². The molecule has 0 spiro atoms. The molecule has 43 heavy (non-hydrogen) atoms. The molecule has 5 aromatic rings. The number of ketones is 6. The highest BCUT2D eigenvalue weighted by molar-refractivity contribution is 6.29. The molecule has 2 aliphatic carbocycles. The maximum absolute atomic E-state index is 13.4. The summed E-state index contributed by atoms with van der Waals surface area (Å²) in [5, 5.41) is 0. The van der Waals surface area contributed by atoms with Crippen molar-refractivity contribution in [2.45, 2.75) is 6.92 Å². The first-order valence-corrected chi connectivity index (χ1v) is 12.7. The van der Waals surface area contributed by atoms with Crippen molar-refractivity contribution in [2.24, 2.45) is 0 Å². The van der Waals surface area contributed by atoms with Gasteiger partial charge in [-0.2, -0.15) is 0 Å². The first kappa shape index (κ1) is 27.3. The zero-order chi connectivity index (χ0) is 30.6. The summed E-state index contributed by atoms with van der Waals surface area (Å²) in [7, 11) is 0. The van der Waals surface area contributed by atoms with Gasteiger partial charge in [0.1, 0.15) is 11.6 Å². The van der Waals surface area contributed by atoms with Gasteiger partial charge in [-0.1, -0.05) is 30.3 Å². The van der Waals surface area contributed by atoms with Crippen molar-refractivity contribution < 1.29 is 46.4 Å². The van der Waals surface area contributed by atoms with Crippen molar-refractivity contribution >= 4 is 34.7 Å². The molecular formula is C33H16F2O8. The third kappa shape index (κ3) is 4.55. The zero-order valence-corrected chi connectivity index (χ0v) is 22.0. The van der Waals surface area contributed by atoms with E-state index in [2.05, 4.69) is 0 Å². The van der Waals surface area contributed by atoms with Gasteiger partial charge in [0.2, 0.25) is 17.3 Å². The molecule has 0 fully saturated rings. The van der Waals surface area contributed by atoms with Gasteiger partial charge in [0.25, 0.3) is 0 Å². The summed E-state index contributed by atoms with van der Waals surface area (Å²) in [4.78, 5) is 72.9. The number of halogens is 2. The smallest absolute Gasteiger partial charge is 0.229 e. The Morgan fingerprint density at radius 1 is 0.535 bits per heavy atom. The maximum Gasteiger partial charge on any atom is 0.229 e. The molecule has 0 N–H and O–H groups in total. The van der Waals surface area contributed by atoms with Crippen molar-refractivity contribution in [1.82, 2.24) is 0 Å². The molecule has 2 aromatic heterocycles. The van der Waals surface area contributed by atoms with E-state index in [0.717, 1.165) is 24.3 Å². The van der Waals surface area contributed by atoms with Gasteiger partial charge in [-0.15, -0.1) is 0 Å². The average Bonchev–Trinajstić information content (AvgIpc) is 3.66. The molecule has 0 saturated carbocycles. The van der Waals surface area contributed by atoms with E-state index in [1.54, 1.807) is 30.3 Å². The summed E-state index contributed by atoms with van der Waals surface area (Å²) in [6, 6.07) is 17.7. The number of carbonyl (C=O) groups excluding carboxylic acids is 6. The maximum atomic E-state index is 13.4. The lowest BCUT2D eigenvalue weighted by Gasteiger charge is -2.12. The first-order valence-electron chi connectivity index (χ1n) is 12.7. The predicted molar refractivity (Wildman–Crippen MR) is 144 cm³/mol. The second-order valence-electron chi connectivity index (χ2n) is 9.65. The van der Waals surface area contributed by atoms with Crippen LogP contribution < -0.4 is 0 Å². The summed E-state index contributed by atoms with van der Waals surface area (Å²) in [5.74, 6) is -4.72. The van der Waals surface area contributed by atoms with E-state index in [9.17, 15) is 37.5 Å². The van der Waals surface area contributed by atoms with Crippen molar-refractivity contribution in [3.05, 3.63) is 152 Å². The lowest BCUT2D eigenvalue weighted by atomic mass is 9.88. The second kappa shape index (κ2) is 10.2. The van der Waals surface area contributed by atoms with Gasteiger partial charge in [-0.25, -0.2) is 8.78 Å². The van der Waals surface area contributed by atoms with Gasteiger partial charge in [0.15, 0.2) is 40.4 Å². The van der Waals surface area contributed by atoms with Crippen LogP contribution in [0.2, 0.25) is 0 Å². The highest BCUT2D eigenvalue weighted by atomic mass is 19.1. The first-order chi connectivity index (χ1) is 20.5. The van der Waals surface area contributed by atoms with Crippen LogP contribution in [-0.4, -0.2) is 34.7 Å². The van der Waals surface area contributed by atoms with Crippen LogP contribution in [0.25, 0.3) is 0 Å². The fourth-order valence-corrected chi connectivity index (χ4v) is 4.81. The summed E-state index contributed by atoms with van der Waals surface area (Å²) in [6.45, 7) is 1.27. The van der Waals surface area contributed by atoms with Crippen LogP contribution in [0, 0.1) is 11.6 Å². The van der Waals surface area contributed by atoms with E-state index in [1.165, 1.54) is 31.2 Å². The lowest BCUT2D eigenvalue weighted by molar-refractivity contribution is 0.0945. The third-order valence-electron chi connectivity index (χ3n) is 6.91. The summed E-state index contributed by atoms with van der Waals surface area (Å²) >= 11 is 0. The predicted octanol–water partition coefficient (Wildman–Crippen LogP) is 5.82. The van der Waals surface area contributed by atoms with Gasteiger partial charge >= 0.3 is 0 Å². The topological polar surface area (TPSA) is 129 Å². The SMILES string of the molecule is CC(=O)c1cc2c(o1)C(=O)c1cc(F)ccc1C2=O.O=C(c1ccccc1)c1cc2c(o1)C(=O)c1cc(F)ccc1C2=O. The highest BCUT2D eigenvalue weighted by Crippen LogP contribution is 2.32. The number of carbonyl (C=O) groups is 6. The molecule has 2 heterocycles. The van der Waals surface area contributed by atoms with E-state index >= 15 is 0 Å². The standard InChI is InChI=1S/C19H9FO4.C14H7FO4/c20-11-6-7-12-13(8-11)18(23)19-14(17(12)22)9-15(24-19)16(21)10-4-2-1-3-5-10;1-6(16)11-5-10-12(17)8-3-2-7(15)4-9(8)13(18)14(10)19-11/h1-9H;2-5H,1H3. The molecule has 0 atom stereocenters. The van der Waals surface area contributed by atoms with Gasteiger partial charge in [0.05, 0.1) is 11.1 Å². The Kier molecular flexibility index (Phi) is 6.46. The van der Waals surface area contributed by atoms with Crippen LogP contribution >= 0.6 is 0 Å². The summed E-state index contributed by atoms with van der Waals surface area (Å²) in [6.07, 6.45) is 0. The number of hydrogen-bond acceptors (Lipinski definition) is 8. The van der Waals surface area contributed by atoms with Crippen molar-refractivity contribution in [3.8, 4) is 0 Å². The second-order valence-corrected chi connectivity index (χ2v) is 9.65. The van der Waals surface area contributed by atoms with Crippen LogP contribution in [0.3, 0.4) is 0 Å². The minimum absolute atomic E-state index is 0.0263. The molecule has 0 saturated heterocycles. The molecule has 210 valence electrons. The molecule has 0 unspecified atom stereocenters. The molecule has 2 aliphatic rings. The van der Waals surface area contributed by atoms with E-state index in [4.69, 9.17) is 8.83 Å². The van der Waals surface area contributed by atoms with Gasteiger partial charge in [0, 0.05) is 34.7 Å². The van der Waals surface area contributed by atoms with Crippen LogP contribution in [0.1, 0.15) is 97.7 Å². The fourth-order valence-electron chi connectivity index (χ4n) is 4.81. The Hall–Kier alpha value is -5.90. The minimum atomic E-state index is -0.620. The molecule has 8 nitrogen and oxygen atoms in total. The Morgan fingerprint density at radius 2 is 1.00 bits per heavy atom. The van der Waals surface area contributed by atoms with E-state index in [-0.39, 0.29) is 62.2 Å². The molecule has 10 heteroatoms. The molecule has 0 radical (unpaired) electrons. The van der Waals surface area contributed by atoms with Crippen molar-refractivity contribution in [2.75, 3.05) is 0 Å². The summed E-state index contributed by atoms with van der Waals surface area (Å²) < 4.78 is 37.0. The Labute approximate surface area is 240 Å².